The van der Waals surface area contributed by atoms with Crippen LogP contribution in [-0.2, 0) is 20.9 Å². The van der Waals surface area contributed by atoms with Gasteiger partial charge in [0.25, 0.3) is 5.89 Å². The van der Waals surface area contributed by atoms with Crippen molar-refractivity contribution in [2.75, 3.05) is 0 Å². The molecule has 0 saturated heterocycles. The molecule has 0 bridgehead atoms. The van der Waals surface area contributed by atoms with Gasteiger partial charge in [-0.2, -0.15) is 0 Å². The summed E-state index contributed by atoms with van der Waals surface area (Å²) in [6.45, 7) is -0.0439. The van der Waals surface area contributed by atoms with E-state index >= 15 is 0 Å². The second-order valence-electron chi connectivity index (χ2n) is 8.15. The van der Waals surface area contributed by atoms with Crippen molar-refractivity contribution in [1.82, 2.24) is 15.5 Å². The van der Waals surface area contributed by atoms with E-state index < -0.39 is 0 Å². The Balaban J connectivity index is 1.21. The van der Waals surface area contributed by atoms with Gasteiger partial charge in [0.15, 0.2) is 6.61 Å². The summed E-state index contributed by atoms with van der Waals surface area (Å²) in [5, 5.41) is 11.7. The molecule has 2 aromatic rings. The molecule has 2 fully saturated rings. The van der Waals surface area contributed by atoms with E-state index in [1.807, 2.05) is 0 Å². The van der Waals surface area contributed by atoms with Crippen LogP contribution in [0.2, 0.25) is 5.02 Å². The zero-order valence-electron chi connectivity index (χ0n) is 16.8. The number of aromatic nitrogens is 2. The third-order valence-corrected chi connectivity index (χ3v) is 6.28. The predicted molar refractivity (Wildman–Crippen MR) is 110 cm³/mol. The Bertz CT molecular complexity index is 869. The van der Waals surface area contributed by atoms with Gasteiger partial charge in [0.1, 0.15) is 0 Å². The number of nitrogens with one attached hydrogen (secondary N) is 1. The topological polar surface area (TPSA) is 94.3 Å². The van der Waals surface area contributed by atoms with Gasteiger partial charge in [-0.3, -0.25) is 9.59 Å². The second kappa shape index (κ2) is 9.60. The summed E-state index contributed by atoms with van der Waals surface area (Å²) in [6.07, 6.45) is 7.35. The number of carbonyl (C=O) groups excluding carboxylic acids is 2. The molecule has 1 aromatic heterocycles. The van der Waals surface area contributed by atoms with Gasteiger partial charge in [-0.15, -0.1) is 10.2 Å². The van der Waals surface area contributed by atoms with Gasteiger partial charge in [0.05, 0.1) is 5.92 Å². The van der Waals surface area contributed by atoms with Gasteiger partial charge in [0, 0.05) is 22.5 Å². The van der Waals surface area contributed by atoms with Crippen molar-refractivity contribution >= 4 is 23.5 Å². The molecular weight excluding hydrogens is 406 g/mol. The van der Waals surface area contributed by atoms with Crippen molar-refractivity contribution in [1.29, 1.82) is 0 Å². The average molecular weight is 432 g/mol. The Morgan fingerprint density at radius 3 is 2.40 bits per heavy atom. The zero-order valence-corrected chi connectivity index (χ0v) is 17.6. The van der Waals surface area contributed by atoms with Gasteiger partial charge in [-0.1, -0.05) is 24.4 Å². The molecule has 1 heterocycles. The highest BCUT2D eigenvalue weighted by Gasteiger charge is 2.30. The third kappa shape index (κ3) is 5.19. The zero-order chi connectivity index (χ0) is 20.9. The van der Waals surface area contributed by atoms with Gasteiger partial charge in [-0.05, 0) is 62.8 Å². The Morgan fingerprint density at radius 2 is 1.70 bits per heavy atom. The Kier molecular flexibility index (Phi) is 6.67. The van der Waals surface area contributed by atoms with E-state index in [1.165, 1.54) is 0 Å². The average Bonchev–Trinajstić information content (AvgIpc) is 3.45. The molecule has 160 valence electrons. The SMILES string of the molecule is O=C(NC1CCC(C(=O)OCc2nnc(-c3ccc(Cl)cc3)o2)CC1)C1CCCC1. The van der Waals surface area contributed by atoms with E-state index in [0.717, 1.165) is 44.1 Å². The summed E-state index contributed by atoms with van der Waals surface area (Å²) in [4.78, 5) is 24.7. The molecule has 2 saturated carbocycles. The number of nitrogens with zero attached hydrogens (tertiary/aromatic N) is 2. The third-order valence-electron chi connectivity index (χ3n) is 6.03. The van der Waals surface area contributed by atoms with Crippen LogP contribution in [0, 0.1) is 11.8 Å². The van der Waals surface area contributed by atoms with Crippen LogP contribution >= 0.6 is 11.6 Å². The maximum Gasteiger partial charge on any atom is 0.309 e. The van der Waals surface area contributed by atoms with E-state index in [9.17, 15) is 9.59 Å². The molecule has 0 spiro atoms. The first kappa shape index (κ1) is 20.8. The van der Waals surface area contributed by atoms with Crippen molar-refractivity contribution in [3.05, 3.63) is 35.2 Å². The lowest BCUT2D eigenvalue weighted by Gasteiger charge is -2.28. The van der Waals surface area contributed by atoms with Crippen molar-refractivity contribution in [2.45, 2.75) is 64.0 Å². The fourth-order valence-corrected chi connectivity index (χ4v) is 4.38. The van der Waals surface area contributed by atoms with Gasteiger partial charge in [0.2, 0.25) is 11.8 Å². The van der Waals surface area contributed by atoms with Crippen LogP contribution in [0.4, 0.5) is 0 Å². The largest absolute Gasteiger partial charge is 0.455 e. The fraction of sp³-hybridized carbons (Fsp3) is 0.545. The van der Waals surface area contributed by atoms with E-state index in [2.05, 4.69) is 15.5 Å². The standard InChI is InChI=1S/C22H26ClN3O4/c23-17-9-5-15(6-10-17)21-26-25-19(30-21)13-29-22(28)16-7-11-18(12-8-16)24-20(27)14-3-1-2-4-14/h5-6,9-10,14,16,18H,1-4,7-8,11-13H2,(H,24,27). The highest BCUT2D eigenvalue weighted by atomic mass is 35.5. The van der Waals surface area contributed by atoms with Crippen LogP contribution in [0.5, 0.6) is 0 Å². The van der Waals surface area contributed by atoms with E-state index in [4.69, 9.17) is 20.8 Å². The van der Waals surface area contributed by atoms with Crippen LogP contribution in [0.25, 0.3) is 11.5 Å². The summed E-state index contributed by atoms with van der Waals surface area (Å²) < 4.78 is 11.0. The molecule has 0 unspecified atom stereocenters. The summed E-state index contributed by atoms with van der Waals surface area (Å²) in [6, 6.07) is 7.23. The minimum absolute atomic E-state index is 0.0439. The quantitative estimate of drug-likeness (QED) is 0.685. The van der Waals surface area contributed by atoms with Crippen molar-refractivity contribution in [2.24, 2.45) is 11.8 Å². The minimum atomic E-state index is -0.248. The lowest BCUT2D eigenvalue weighted by molar-refractivity contribution is -0.151. The minimum Gasteiger partial charge on any atom is -0.455 e. The first-order valence-electron chi connectivity index (χ1n) is 10.6. The molecule has 1 N–H and O–H groups in total. The number of amides is 1. The normalized spacial score (nSPS) is 22.0. The smallest absolute Gasteiger partial charge is 0.309 e. The number of hydrogen-bond acceptors (Lipinski definition) is 6. The number of esters is 1. The van der Waals surface area contributed by atoms with Crippen LogP contribution in [0.3, 0.4) is 0 Å². The number of hydrogen-bond donors (Lipinski definition) is 1. The van der Waals surface area contributed by atoms with Crippen molar-refractivity contribution in [3.63, 3.8) is 0 Å². The predicted octanol–water partition coefficient (Wildman–Crippen LogP) is 4.30. The molecule has 0 aliphatic heterocycles. The van der Waals surface area contributed by atoms with E-state index in [0.29, 0.717) is 23.8 Å². The molecular formula is C22H26ClN3O4. The van der Waals surface area contributed by atoms with Crippen LogP contribution < -0.4 is 5.32 Å². The number of halogens is 1. The highest BCUT2D eigenvalue weighted by Crippen LogP contribution is 2.28. The van der Waals surface area contributed by atoms with Crippen molar-refractivity contribution in [3.8, 4) is 11.5 Å². The molecule has 0 atom stereocenters. The molecule has 2 aliphatic carbocycles. The fourth-order valence-electron chi connectivity index (χ4n) is 4.25. The van der Waals surface area contributed by atoms with Crippen LogP contribution in [-0.4, -0.2) is 28.1 Å². The van der Waals surface area contributed by atoms with E-state index in [1.54, 1.807) is 24.3 Å². The Labute approximate surface area is 180 Å². The molecule has 2 aliphatic rings. The summed E-state index contributed by atoms with van der Waals surface area (Å²) in [5.41, 5.74) is 0.752. The first-order valence-corrected chi connectivity index (χ1v) is 11.0. The number of benzene rings is 1. The number of rotatable bonds is 6. The van der Waals surface area contributed by atoms with Gasteiger partial charge < -0.3 is 14.5 Å². The highest BCUT2D eigenvalue weighted by molar-refractivity contribution is 6.30. The Morgan fingerprint density at radius 1 is 1.00 bits per heavy atom. The molecule has 7 nitrogen and oxygen atoms in total. The molecule has 30 heavy (non-hydrogen) atoms. The maximum atomic E-state index is 12.4. The lowest BCUT2D eigenvalue weighted by Crippen LogP contribution is -2.41. The van der Waals surface area contributed by atoms with E-state index in [-0.39, 0.29) is 42.3 Å². The van der Waals surface area contributed by atoms with Gasteiger partial charge >= 0.3 is 5.97 Å². The molecule has 1 aromatic carbocycles. The molecule has 1 amide bonds. The lowest BCUT2D eigenvalue weighted by atomic mass is 9.86. The summed E-state index contributed by atoms with van der Waals surface area (Å²) >= 11 is 5.88. The van der Waals surface area contributed by atoms with Crippen LogP contribution in [0.15, 0.2) is 28.7 Å². The summed E-state index contributed by atoms with van der Waals surface area (Å²) in [7, 11) is 0. The first-order chi connectivity index (χ1) is 14.6. The Hall–Kier alpha value is -2.41. The van der Waals surface area contributed by atoms with Gasteiger partial charge in [-0.25, -0.2) is 0 Å². The van der Waals surface area contributed by atoms with Crippen molar-refractivity contribution < 1.29 is 18.7 Å². The summed E-state index contributed by atoms with van der Waals surface area (Å²) in [5.74, 6) is 0.582. The maximum absolute atomic E-state index is 12.4. The molecule has 0 radical (unpaired) electrons. The monoisotopic (exact) mass is 431 g/mol. The second-order valence-corrected chi connectivity index (χ2v) is 8.59. The molecule has 8 heteroatoms. The number of carbonyl (C=O) groups is 2. The van der Waals surface area contributed by atoms with Crippen LogP contribution in [0.1, 0.15) is 57.3 Å². The number of ether oxygens (including phenoxy) is 1. The molecule has 4 rings (SSSR count).